The largest absolute Gasteiger partial charge is 0.457 e. The summed E-state index contributed by atoms with van der Waals surface area (Å²) in [5.41, 5.74) is 3.27. The summed E-state index contributed by atoms with van der Waals surface area (Å²) in [6, 6.07) is 6.32. The second-order valence-corrected chi connectivity index (χ2v) is 7.93. The van der Waals surface area contributed by atoms with E-state index in [1.54, 1.807) is 0 Å². The molecule has 0 aliphatic heterocycles. The van der Waals surface area contributed by atoms with Crippen LogP contribution in [0.3, 0.4) is 0 Å². The number of quaternary nitrogens is 1. The highest BCUT2D eigenvalue weighted by molar-refractivity contribution is 5.81. The average molecular weight is 483 g/mol. The molecule has 0 saturated carbocycles. The van der Waals surface area contributed by atoms with Crippen LogP contribution < -0.4 is 0 Å². The number of carbonyl (C=O) groups excluding carboxylic acids is 3. The van der Waals surface area contributed by atoms with E-state index in [4.69, 9.17) is 14.2 Å². The molecule has 0 spiro atoms. The average Bonchev–Trinajstić information content (AvgIpc) is 2.83. The Labute approximate surface area is 208 Å². The third kappa shape index (κ3) is 11.3. The summed E-state index contributed by atoms with van der Waals surface area (Å²) < 4.78 is 16.1. The van der Waals surface area contributed by atoms with Crippen molar-refractivity contribution in [2.45, 2.75) is 19.4 Å². The van der Waals surface area contributed by atoms with Crippen molar-refractivity contribution in [1.29, 1.82) is 0 Å². The smallest absolute Gasteiger partial charge is 0.330 e. The van der Waals surface area contributed by atoms with E-state index in [-0.39, 0.29) is 19.8 Å². The Bertz CT molecular complexity index is 841. The summed E-state index contributed by atoms with van der Waals surface area (Å²) in [5, 5.41) is 0. The Morgan fingerprint density at radius 2 is 0.971 bits per heavy atom. The van der Waals surface area contributed by atoms with Gasteiger partial charge in [-0.2, -0.15) is 0 Å². The lowest BCUT2D eigenvalue weighted by Crippen LogP contribution is -2.53. The molecular weight excluding hydrogens is 446 g/mol. The zero-order chi connectivity index (χ0) is 26.1. The number of benzene rings is 1. The van der Waals surface area contributed by atoms with Crippen LogP contribution in [-0.4, -0.2) is 61.8 Å². The summed E-state index contributed by atoms with van der Waals surface area (Å²) in [6.45, 7) is 20.0. The normalized spacial score (nSPS) is 10.5. The van der Waals surface area contributed by atoms with E-state index in [2.05, 4.69) is 51.1 Å². The van der Waals surface area contributed by atoms with Crippen LogP contribution in [0.25, 0.3) is 0 Å². The van der Waals surface area contributed by atoms with Crippen molar-refractivity contribution in [2.24, 2.45) is 0 Å². The Morgan fingerprint density at radius 3 is 1.29 bits per heavy atom. The van der Waals surface area contributed by atoms with Crippen LogP contribution in [0.15, 0.2) is 81.5 Å². The maximum Gasteiger partial charge on any atom is 0.330 e. The molecule has 0 unspecified atom stereocenters. The molecule has 0 aliphatic rings. The van der Waals surface area contributed by atoms with Crippen LogP contribution in [0.2, 0.25) is 0 Å². The molecule has 0 heterocycles. The minimum absolute atomic E-state index is 0.113. The molecule has 188 valence electrons. The molecule has 0 aromatic heterocycles. The van der Waals surface area contributed by atoms with Gasteiger partial charge >= 0.3 is 17.9 Å². The molecular formula is C28H36NO6+. The minimum Gasteiger partial charge on any atom is -0.457 e. The molecule has 1 rings (SSSR count). The van der Waals surface area contributed by atoms with Crippen molar-refractivity contribution in [3.63, 3.8) is 0 Å². The maximum atomic E-state index is 11.6. The fourth-order valence-electron chi connectivity index (χ4n) is 3.66. The van der Waals surface area contributed by atoms with Crippen molar-refractivity contribution >= 4 is 17.9 Å². The Hall–Kier alpha value is -3.71. The van der Waals surface area contributed by atoms with E-state index in [1.807, 2.05) is 12.2 Å². The molecule has 0 radical (unpaired) electrons. The molecule has 1 aromatic carbocycles. The van der Waals surface area contributed by atoms with Crippen molar-refractivity contribution in [3.8, 4) is 0 Å². The topological polar surface area (TPSA) is 78.9 Å². The van der Waals surface area contributed by atoms with Crippen LogP contribution in [0.5, 0.6) is 0 Å². The lowest BCUT2D eigenvalue weighted by Gasteiger charge is -2.38. The number of hydrogen-bond donors (Lipinski definition) is 0. The Balaban J connectivity index is 3.31. The lowest BCUT2D eigenvalue weighted by atomic mass is 10.0. The van der Waals surface area contributed by atoms with Crippen molar-refractivity contribution in [1.82, 2.24) is 0 Å². The third-order valence-corrected chi connectivity index (χ3v) is 5.32. The van der Waals surface area contributed by atoms with Gasteiger partial charge in [0.05, 0.1) is 0 Å². The minimum atomic E-state index is -0.527. The number of rotatable bonds is 18. The SMILES string of the molecule is C=CCc1cc(CC=C)cc(C[N+](CCOC(=O)C=C)(CCOC(=O)C=C)CCOC(=O)C=C)c1. The Morgan fingerprint density at radius 1 is 0.629 bits per heavy atom. The zero-order valence-electron chi connectivity index (χ0n) is 20.4. The van der Waals surface area contributed by atoms with Gasteiger partial charge in [-0.05, 0) is 36.1 Å². The maximum absolute atomic E-state index is 11.6. The standard InChI is InChI=1S/C28H36NO6/c1-6-11-23-19-24(12-7-2)21-25(20-23)22-29(13-16-33-26(30)8-3,14-17-34-27(31)9-4)15-18-35-28(32)10-5/h6-10,19-21H,1-5,11-18,22H2/q+1. The second-order valence-electron chi connectivity index (χ2n) is 7.93. The van der Waals surface area contributed by atoms with Gasteiger partial charge in [-0.25, -0.2) is 14.4 Å². The van der Waals surface area contributed by atoms with Crippen LogP contribution in [0.4, 0.5) is 0 Å². The van der Waals surface area contributed by atoms with Gasteiger partial charge in [-0.3, -0.25) is 0 Å². The van der Waals surface area contributed by atoms with Gasteiger partial charge in [-0.1, -0.05) is 38.0 Å². The predicted molar refractivity (Wildman–Crippen MR) is 136 cm³/mol. The quantitative estimate of drug-likeness (QED) is 0.105. The molecule has 0 bridgehead atoms. The highest BCUT2D eigenvalue weighted by Crippen LogP contribution is 2.20. The number of ether oxygens (including phenoxy) is 3. The van der Waals surface area contributed by atoms with Crippen molar-refractivity contribution in [2.75, 3.05) is 39.5 Å². The number of nitrogens with zero attached hydrogens (tertiary/aromatic N) is 1. The first-order valence-corrected chi connectivity index (χ1v) is 11.4. The van der Waals surface area contributed by atoms with Gasteiger partial charge in [0, 0.05) is 23.8 Å². The highest BCUT2D eigenvalue weighted by Gasteiger charge is 2.29. The van der Waals surface area contributed by atoms with Crippen molar-refractivity contribution in [3.05, 3.63) is 98.2 Å². The molecule has 0 fully saturated rings. The van der Waals surface area contributed by atoms with Gasteiger partial charge in [0.1, 0.15) is 46.0 Å². The van der Waals surface area contributed by atoms with E-state index >= 15 is 0 Å². The summed E-state index contributed by atoms with van der Waals surface area (Å²) >= 11 is 0. The van der Waals surface area contributed by atoms with Gasteiger partial charge in [0.15, 0.2) is 0 Å². The monoisotopic (exact) mass is 482 g/mol. The molecule has 7 heteroatoms. The molecule has 0 N–H and O–H groups in total. The Kier molecular flexibility index (Phi) is 13.4. The first kappa shape index (κ1) is 29.3. The van der Waals surface area contributed by atoms with Gasteiger partial charge < -0.3 is 18.7 Å². The molecule has 7 nitrogen and oxygen atoms in total. The summed E-state index contributed by atoms with van der Waals surface area (Å²) in [5.74, 6) is -1.58. The van der Waals surface area contributed by atoms with Crippen LogP contribution >= 0.6 is 0 Å². The fraction of sp³-hybridized carbons (Fsp3) is 0.321. The van der Waals surface area contributed by atoms with Gasteiger partial charge in [-0.15, -0.1) is 13.2 Å². The molecule has 0 aliphatic carbocycles. The molecule has 35 heavy (non-hydrogen) atoms. The lowest BCUT2D eigenvalue weighted by molar-refractivity contribution is -0.941. The number of allylic oxidation sites excluding steroid dienone is 2. The predicted octanol–water partition coefficient (Wildman–Crippen LogP) is 3.65. The molecule has 1 aromatic rings. The molecule has 0 atom stereocenters. The van der Waals surface area contributed by atoms with Gasteiger partial charge in [0.25, 0.3) is 0 Å². The van der Waals surface area contributed by atoms with Crippen LogP contribution in [0.1, 0.15) is 16.7 Å². The third-order valence-electron chi connectivity index (χ3n) is 5.32. The molecule has 0 saturated heterocycles. The van der Waals surface area contributed by atoms with E-state index in [1.165, 1.54) is 0 Å². The van der Waals surface area contributed by atoms with E-state index in [0.29, 0.717) is 43.5 Å². The summed E-state index contributed by atoms with van der Waals surface area (Å²) in [4.78, 5) is 34.9. The number of carbonyl (C=O) groups is 3. The summed E-state index contributed by atoms with van der Waals surface area (Å²) in [6.07, 6.45) is 8.42. The first-order valence-electron chi connectivity index (χ1n) is 11.4. The van der Waals surface area contributed by atoms with E-state index < -0.39 is 17.9 Å². The van der Waals surface area contributed by atoms with E-state index in [9.17, 15) is 14.4 Å². The van der Waals surface area contributed by atoms with Crippen LogP contribution in [0, 0.1) is 0 Å². The number of hydrogen-bond acceptors (Lipinski definition) is 6. The first-order chi connectivity index (χ1) is 16.8. The molecule has 0 amide bonds. The summed E-state index contributed by atoms with van der Waals surface area (Å²) in [7, 11) is 0. The fourth-order valence-corrected chi connectivity index (χ4v) is 3.66. The zero-order valence-corrected chi connectivity index (χ0v) is 20.4. The highest BCUT2D eigenvalue weighted by atomic mass is 16.5. The van der Waals surface area contributed by atoms with E-state index in [0.717, 1.165) is 34.9 Å². The van der Waals surface area contributed by atoms with Gasteiger partial charge in [0.2, 0.25) is 0 Å². The second kappa shape index (κ2) is 16.0. The van der Waals surface area contributed by atoms with Crippen molar-refractivity contribution < 1.29 is 33.1 Å². The number of esters is 3. The van der Waals surface area contributed by atoms with Crippen LogP contribution in [-0.2, 0) is 48.0 Å².